The molecule has 0 spiro atoms. The van der Waals surface area contributed by atoms with Crippen LogP contribution in [-0.4, -0.2) is 28.5 Å². The third-order valence-electron chi connectivity index (χ3n) is 3.38. The topological polar surface area (TPSA) is 94.4 Å². The molecule has 0 unspecified atom stereocenters. The normalized spacial score (nSPS) is 21.4. The summed E-state index contributed by atoms with van der Waals surface area (Å²) in [5.74, 6) is -0.0606. The van der Waals surface area contributed by atoms with Gasteiger partial charge in [0.1, 0.15) is 0 Å². The molecule has 1 aliphatic carbocycles. The first-order valence-corrected chi connectivity index (χ1v) is 6.64. The van der Waals surface area contributed by atoms with E-state index >= 15 is 0 Å². The highest BCUT2D eigenvalue weighted by molar-refractivity contribution is 5.73. The molecule has 0 bridgehead atoms. The SMILES string of the molecule is CCOC(=O)[C@@H]1CC[C@H](Nc2ncccc2[N+](=O)[O-])C1. The molecule has 0 radical (unpaired) electrons. The standard InChI is InChI=1S/C13H17N3O4/c1-2-20-13(17)9-5-6-10(8-9)15-12-11(16(18)19)4-3-7-14-12/h3-4,7,9-10H,2,5-6,8H2,1H3,(H,14,15)/t9-,10+/m1/s1. The Labute approximate surface area is 116 Å². The summed E-state index contributed by atoms with van der Waals surface area (Å²) in [4.78, 5) is 26.1. The Morgan fingerprint density at radius 3 is 3.10 bits per heavy atom. The van der Waals surface area contributed by atoms with Crippen molar-refractivity contribution in [2.45, 2.75) is 32.2 Å². The Morgan fingerprint density at radius 2 is 2.40 bits per heavy atom. The predicted octanol–water partition coefficient (Wildman–Crippen LogP) is 2.13. The van der Waals surface area contributed by atoms with E-state index in [1.807, 2.05) is 0 Å². The molecule has 0 aromatic carbocycles. The zero-order valence-electron chi connectivity index (χ0n) is 11.2. The monoisotopic (exact) mass is 279 g/mol. The summed E-state index contributed by atoms with van der Waals surface area (Å²) < 4.78 is 5.00. The average Bonchev–Trinajstić information content (AvgIpc) is 2.88. The fraction of sp³-hybridized carbons (Fsp3) is 0.538. The van der Waals surface area contributed by atoms with E-state index in [0.29, 0.717) is 13.0 Å². The van der Waals surface area contributed by atoms with Gasteiger partial charge in [0.25, 0.3) is 0 Å². The van der Waals surface area contributed by atoms with Gasteiger partial charge in [-0.2, -0.15) is 0 Å². The molecule has 7 heteroatoms. The second-order valence-corrected chi connectivity index (χ2v) is 4.73. The van der Waals surface area contributed by atoms with Crippen molar-refractivity contribution in [2.24, 2.45) is 5.92 Å². The van der Waals surface area contributed by atoms with Gasteiger partial charge < -0.3 is 10.1 Å². The molecule has 1 aromatic heterocycles. The molecule has 108 valence electrons. The van der Waals surface area contributed by atoms with Gasteiger partial charge in [-0.3, -0.25) is 14.9 Å². The minimum Gasteiger partial charge on any atom is -0.466 e. The number of nitro groups is 1. The highest BCUT2D eigenvalue weighted by Crippen LogP contribution is 2.31. The number of nitrogens with zero attached hydrogens (tertiary/aromatic N) is 2. The lowest BCUT2D eigenvalue weighted by molar-refractivity contribution is -0.384. The molecule has 0 amide bonds. The molecule has 2 atom stereocenters. The van der Waals surface area contributed by atoms with E-state index in [0.717, 1.165) is 12.8 Å². The van der Waals surface area contributed by atoms with Crippen molar-refractivity contribution in [1.82, 2.24) is 4.98 Å². The van der Waals surface area contributed by atoms with Gasteiger partial charge >= 0.3 is 11.7 Å². The van der Waals surface area contributed by atoms with Gasteiger partial charge in [-0.15, -0.1) is 0 Å². The van der Waals surface area contributed by atoms with Crippen LogP contribution in [0.2, 0.25) is 0 Å². The van der Waals surface area contributed by atoms with Gasteiger partial charge in [-0.25, -0.2) is 4.98 Å². The number of pyridine rings is 1. The number of hydrogen-bond donors (Lipinski definition) is 1. The van der Waals surface area contributed by atoms with Crippen LogP contribution in [0.4, 0.5) is 11.5 Å². The molecule has 20 heavy (non-hydrogen) atoms. The second-order valence-electron chi connectivity index (χ2n) is 4.73. The van der Waals surface area contributed by atoms with Gasteiger partial charge in [0, 0.05) is 18.3 Å². The van der Waals surface area contributed by atoms with Crippen LogP contribution in [0.3, 0.4) is 0 Å². The van der Waals surface area contributed by atoms with Crippen LogP contribution in [0.5, 0.6) is 0 Å². The number of rotatable bonds is 5. The van der Waals surface area contributed by atoms with E-state index in [2.05, 4.69) is 10.3 Å². The number of carbonyl (C=O) groups excluding carboxylic acids is 1. The third kappa shape index (κ3) is 3.23. The summed E-state index contributed by atoms with van der Waals surface area (Å²) in [7, 11) is 0. The number of anilines is 1. The maximum absolute atomic E-state index is 11.6. The number of aromatic nitrogens is 1. The summed E-state index contributed by atoms with van der Waals surface area (Å²) in [6, 6.07) is 2.95. The maximum atomic E-state index is 11.6. The molecule has 7 nitrogen and oxygen atoms in total. The third-order valence-corrected chi connectivity index (χ3v) is 3.38. The van der Waals surface area contributed by atoms with Crippen LogP contribution in [0, 0.1) is 16.0 Å². The molecule has 1 heterocycles. The molecule has 0 aliphatic heterocycles. The Kier molecular flexibility index (Phi) is 4.49. The van der Waals surface area contributed by atoms with Crippen LogP contribution in [0.25, 0.3) is 0 Å². The number of esters is 1. The average molecular weight is 279 g/mol. The lowest BCUT2D eigenvalue weighted by atomic mass is 10.1. The van der Waals surface area contributed by atoms with E-state index in [9.17, 15) is 14.9 Å². The Hall–Kier alpha value is -2.18. The van der Waals surface area contributed by atoms with Gasteiger partial charge in [-0.1, -0.05) is 0 Å². The number of nitrogens with one attached hydrogen (secondary N) is 1. The van der Waals surface area contributed by atoms with Crippen LogP contribution < -0.4 is 5.32 Å². The smallest absolute Gasteiger partial charge is 0.311 e. The molecule has 1 saturated carbocycles. The van der Waals surface area contributed by atoms with Crippen LogP contribution in [-0.2, 0) is 9.53 Å². The zero-order chi connectivity index (χ0) is 14.5. The summed E-state index contributed by atoms with van der Waals surface area (Å²) in [5, 5.41) is 14.0. The summed E-state index contributed by atoms with van der Waals surface area (Å²) in [5.41, 5.74) is -0.0490. The van der Waals surface area contributed by atoms with Crippen LogP contribution in [0.15, 0.2) is 18.3 Å². The zero-order valence-corrected chi connectivity index (χ0v) is 11.2. The highest BCUT2D eigenvalue weighted by atomic mass is 16.6. The van der Waals surface area contributed by atoms with Crippen molar-refractivity contribution >= 4 is 17.5 Å². The van der Waals surface area contributed by atoms with Gasteiger partial charge in [0.05, 0.1) is 17.4 Å². The minimum absolute atomic E-state index is 0.0120. The molecule has 2 rings (SSSR count). The Bertz CT molecular complexity index is 506. The molecular weight excluding hydrogens is 262 g/mol. The molecule has 1 aromatic rings. The molecule has 0 saturated heterocycles. The summed E-state index contributed by atoms with van der Waals surface area (Å²) in [6.45, 7) is 2.15. The number of hydrogen-bond acceptors (Lipinski definition) is 6. The molecule has 1 fully saturated rings. The van der Waals surface area contributed by atoms with Crippen LogP contribution in [0.1, 0.15) is 26.2 Å². The first kappa shape index (κ1) is 14.2. The maximum Gasteiger partial charge on any atom is 0.311 e. The van der Waals surface area contributed by atoms with E-state index < -0.39 is 4.92 Å². The molecule has 1 aliphatic rings. The van der Waals surface area contributed by atoms with E-state index in [1.165, 1.54) is 18.3 Å². The quantitative estimate of drug-likeness (QED) is 0.504. The van der Waals surface area contributed by atoms with E-state index in [4.69, 9.17) is 4.74 Å². The van der Waals surface area contributed by atoms with Gasteiger partial charge in [0.15, 0.2) is 0 Å². The first-order chi connectivity index (χ1) is 9.61. The highest BCUT2D eigenvalue weighted by Gasteiger charge is 2.32. The van der Waals surface area contributed by atoms with Crippen molar-refractivity contribution in [3.8, 4) is 0 Å². The van der Waals surface area contributed by atoms with Crippen molar-refractivity contribution in [2.75, 3.05) is 11.9 Å². The number of ether oxygens (including phenoxy) is 1. The minimum atomic E-state index is -0.465. The fourth-order valence-electron chi connectivity index (χ4n) is 2.44. The number of carbonyl (C=O) groups is 1. The van der Waals surface area contributed by atoms with E-state index in [1.54, 1.807) is 6.92 Å². The fourth-order valence-corrected chi connectivity index (χ4v) is 2.44. The van der Waals surface area contributed by atoms with Crippen molar-refractivity contribution in [1.29, 1.82) is 0 Å². The van der Waals surface area contributed by atoms with Crippen molar-refractivity contribution < 1.29 is 14.5 Å². The molecule has 1 N–H and O–H groups in total. The van der Waals surface area contributed by atoms with Gasteiger partial charge in [-0.05, 0) is 32.3 Å². The van der Waals surface area contributed by atoms with Gasteiger partial charge in [0.2, 0.25) is 5.82 Å². The second kappa shape index (κ2) is 6.31. The van der Waals surface area contributed by atoms with E-state index in [-0.39, 0.29) is 29.4 Å². The summed E-state index contributed by atoms with van der Waals surface area (Å²) in [6.07, 6.45) is 3.63. The predicted molar refractivity (Wildman–Crippen MR) is 72.3 cm³/mol. The van der Waals surface area contributed by atoms with Crippen molar-refractivity contribution in [3.63, 3.8) is 0 Å². The van der Waals surface area contributed by atoms with Crippen molar-refractivity contribution in [3.05, 3.63) is 28.4 Å². The largest absolute Gasteiger partial charge is 0.466 e. The van der Waals surface area contributed by atoms with Crippen LogP contribution >= 0.6 is 0 Å². The first-order valence-electron chi connectivity index (χ1n) is 6.64. The summed E-state index contributed by atoms with van der Waals surface area (Å²) >= 11 is 0. The lowest BCUT2D eigenvalue weighted by Crippen LogP contribution is -2.20. The molecular formula is C13H17N3O4. The Balaban J connectivity index is 1.99. The lowest BCUT2D eigenvalue weighted by Gasteiger charge is -2.13. The Morgan fingerprint density at radius 1 is 1.60 bits per heavy atom.